The average Bonchev–Trinajstić information content (AvgIpc) is 2.15. The summed E-state index contributed by atoms with van der Waals surface area (Å²) in [7, 11) is 0. The van der Waals surface area contributed by atoms with E-state index in [4.69, 9.17) is 10.2 Å². The molecule has 6 nitrogen and oxygen atoms in total. The van der Waals surface area contributed by atoms with E-state index >= 15 is 0 Å². The average molecular weight is 267 g/mol. The van der Waals surface area contributed by atoms with Gasteiger partial charge in [-0.3, -0.25) is 9.59 Å². The molecule has 0 fully saturated rings. The van der Waals surface area contributed by atoms with Crippen LogP contribution in [0, 0.1) is 5.41 Å². The Morgan fingerprint density at radius 2 is 1.76 bits per heavy atom. The zero-order chi connectivity index (χ0) is 12.1. The van der Waals surface area contributed by atoms with E-state index in [0.29, 0.717) is 0 Å². The third-order valence-electron chi connectivity index (χ3n) is 2.03. The Kier molecular flexibility index (Phi) is 14.5. The molecule has 0 bridgehead atoms. The summed E-state index contributed by atoms with van der Waals surface area (Å²) in [5.41, 5.74) is -0.937. The van der Waals surface area contributed by atoms with Gasteiger partial charge in [-0.1, -0.05) is 13.8 Å². The number of aliphatic carboxylic acids is 1. The maximum absolute atomic E-state index is 11.3. The molecule has 0 aliphatic rings. The molecule has 1 atom stereocenters. The molecule has 0 unspecified atom stereocenters. The van der Waals surface area contributed by atoms with Crippen molar-refractivity contribution in [3.8, 4) is 0 Å². The van der Waals surface area contributed by atoms with Crippen LogP contribution in [-0.2, 0) is 9.59 Å². The van der Waals surface area contributed by atoms with E-state index in [-0.39, 0.29) is 78.7 Å². The second kappa shape index (κ2) is 10.8. The number of carbonyl (C=O) groups excluding carboxylic acids is 1. The van der Waals surface area contributed by atoms with Crippen LogP contribution >= 0.6 is 0 Å². The standard InChI is InChI=1S/C9H17NO5.2Na.2H/c1-9(2,5-11)7(14)8(15)10-4-3-6(12)13;;;;/h7,11,14H,3-5H2,1-2H3,(H,10,15)(H,12,13);;;;/t7-;;;;/m0..../s1. The normalized spacial score (nSPS) is 11.8. The van der Waals surface area contributed by atoms with Crippen LogP contribution in [-0.4, -0.2) is 106 Å². The van der Waals surface area contributed by atoms with Crippen LogP contribution in [0.15, 0.2) is 0 Å². The first kappa shape index (κ1) is 23.0. The zero-order valence-electron chi connectivity index (χ0n) is 8.86. The van der Waals surface area contributed by atoms with Crippen molar-refractivity contribution in [2.24, 2.45) is 5.41 Å². The zero-order valence-corrected chi connectivity index (χ0v) is 8.86. The van der Waals surface area contributed by atoms with Gasteiger partial charge in [0, 0.05) is 12.0 Å². The molecule has 0 aromatic rings. The van der Waals surface area contributed by atoms with Gasteiger partial charge in [0.1, 0.15) is 6.10 Å². The first-order chi connectivity index (χ1) is 6.81. The van der Waals surface area contributed by atoms with E-state index in [1.54, 1.807) is 0 Å². The van der Waals surface area contributed by atoms with E-state index in [0.717, 1.165) is 0 Å². The molecule has 0 aliphatic heterocycles. The van der Waals surface area contributed by atoms with E-state index in [9.17, 15) is 14.7 Å². The molecule has 0 radical (unpaired) electrons. The summed E-state index contributed by atoms with van der Waals surface area (Å²) in [6.45, 7) is 2.70. The summed E-state index contributed by atoms with van der Waals surface area (Å²) in [6, 6.07) is 0. The van der Waals surface area contributed by atoms with Crippen molar-refractivity contribution in [1.82, 2.24) is 5.32 Å². The summed E-state index contributed by atoms with van der Waals surface area (Å²) < 4.78 is 0. The van der Waals surface area contributed by atoms with E-state index in [1.807, 2.05) is 0 Å². The second-order valence-corrected chi connectivity index (χ2v) is 3.98. The first-order valence-corrected chi connectivity index (χ1v) is 4.59. The Hall–Kier alpha value is 0.860. The SMILES string of the molecule is CC(C)(CO)[C@@H](O)C(=O)NCCC(=O)O.[NaH].[NaH]. The molecule has 0 heterocycles. The molecular weight excluding hydrogens is 248 g/mol. The van der Waals surface area contributed by atoms with Crippen LogP contribution in [0.25, 0.3) is 0 Å². The van der Waals surface area contributed by atoms with Crippen LogP contribution in [0.2, 0.25) is 0 Å². The molecule has 92 valence electrons. The number of carboxylic acid groups (broad SMARTS) is 1. The van der Waals surface area contributed by atoms with E-state index < -0.39 is 23.4 Å². The van der Waals surface area contributed by atoms with Gasteiger partial charge in [-0.25, -0.2) is 0 Å². The van der Waals surface area contributed by atoms with Crippen LogP contribution in [0.5, 0.6) is 0 Å². The van der Waals surface area contributed by atoms with Gasteiger partial charge in [0.15, 0.2) is 0 Å². The predicted octanol–water partition coefficient (Wildman–Crippen LogP) is -2.34. The van der Waals surface area contributed by atoms with Gasteiger partial charge in [0.25, 0.3) is 0 Å². The monoisotopic (exact) mass is 267 g/mol. The van der Waals surface area contributed by atoms with Crippen molar-refractivity contribution in [1.29, 1.82) is 0 Å². The summed E-state index contributed by atoms with van der Waals surface area (Å²) in [5.74, 6) is -1.69. The van der Waals surface area contributed by atoms with Crippen molar-refractivity contribution >= 4 is 71.0 Å². The van der Waals surface area contributed by atoms with Gasteiger partial charge >= 0.3 is 65.1 Å². The van der Waals surface area contributed by atoms with Gasteiger partial charge in [-0.2, -0.15) is 0 Å². The quantitative estimate of drug-likeness (QED) is 0.403. The molecule has 0 spiro atoms. The molecule has 0 aromatic carbocycles. The van der Waals surface area contributed by atoms with Gasteiger partial charge in [0.2, 0.25) is 5.91 Å². The topological polar surface area (TPSA) is 107 Å². The maximum atomic E-state index is 11.3. The Morgan fingerprint density at radius 3 is 2.12 bits per heavy atom. The Bertz CT molecular complexity index is 248. The number of hydrogen-bond acceptors (Lipinski definition) is 4. The Morgan fingerprint density at radius 1 is 1.29 bits per heavy atom. The number of carboxylic acids is 1. The fourth-order valence-electron chi connectivity index (χ4n) is 0.831. The minimum absolute atomic E-state index is 0. The number of nitrogens with one attached hydrogen (secondary N) is 1. The molecule has 0 saturated carbocycles. The third-order valence-corrected chi connectivity index (χ3v) is 2.03. The Balaban J connectivity index is -0.000000980. The van der Waals surface area contributed by atoms with Crippen molar-refractivity contribution in [3.05, 3.63) is 0 Å². The fourth-order valence-corrected chi connectivity index (χ4v) is 0.831. The number of aliphatic hydroxyl groups is 2. The fraction of sp³-hybridized carbons (Fsp3) is 0.778. The number of aliphatic hydroxyl groups excluding tert-OH is 2. The molecule has 8 heteroatoms. The summed E-state index contributed by atoms with van der Waals surface area (Å²) in [4.78, 5) is 21.4. The number of amides is 1. The minimum atomic E-state index is -1.35. The second-order valence-electron chi connectivity index (χ2n) is 3.98. The van der Waals surface area contributed by atoms with Crippen LogP contribution in [0.3, 0.4) is 0 Å². The van der Waals surface area contributed by atoms with E-state index in [1.165, 1.54) is 13.8 Å². The molecule has 17 heavy (non-hydrogen) atoms. The Labute approximate surface area is 145 Å². The molecule has 0 saturated heterocycles. The molecular formula is C9H19NNa2O5. The van der Waals surface area contributed by atoms with Gasteiger partial charge < -0.3 is 20.6 Å². The van der Waals surface area contributed by atoms with Gasteiger partial charge in [-0.15, -0.1) is 0 Å². The molecule has 0 aromatic heterocycles. The van der Waals surface area contributed by atoms with Crippen molar-refractivity contribution in [3.63, 3.8) is 0 Å². The van der Waals surface area contributed by atoms with Crippen molar-refractivity contribution in [2.75, 3.05) is 13.2 Å². The summed E-state index contributed by atoms with van der Waals surface area (Å²) >= 11 is 0. The molecule has 0 rings (SSSR count). The van der Waals surface area contributed by atoms with Gasteiger partial charge in [0.05, 0.1) is 13.0 Å². The number of hydrogen-bond donors (Lipinski definition) is 4. The van der Waals surface area contributed by atoms with Crippen LogP contribution in [0.1, 0.15) is 20.3 Å². The third kappa shape index (κ3) is 9.44. The van der Waals surface area contributed by atoms with Crippen molar-refractivity contribution < 1.29 is 24.9 Å². The molecule has 1 amide bonds. The van der Waals surface area contributed by atoms with E-state index in [2.05, 4.69) is 5.32 Å². The molecule has 4 N–H and O–H groups in total. The first-order valence-electron chi connectivity index (χ1n) is 4.59. The summed E-state index contributed by atoms with van der Waals surface area (Å²) in [6.07, 6.45) is -1.55. The molecule has 0 aliphatic carbocycles. The van der Waals surface area contributed by atoms with Gasteiger partial charge in [-0.05, 0) is 0 Å². The number of rotatable bonds is 6. The number of carbonyl (C=O) groups is 2. The van der Waals surface area contributed by atoms with Crippen LogP contribution in [0.4, 0.5) is 0 Å². The predicted molar refractivity (Wildman–Crippen MR) is 66.4 cm³/mol. The van der Waals surface area contributed by atoms with Crippen molar-refractivity contribution in [2.45, 2.75) is 26.4 Å². The van der Waals surface area contributed by atoms with Crippen LogP contribution < -0.4 is 5.32 Å². The summed E-state index contributed by atoms with van der Waals surface area (Å²) in [5, 5.41) is 29.0.